The van der Waals surface area contributed by atoms with Crippen LogP contribution in [-0.2, 0) is 4.79 Å². The predicted molar refractivity (Wildman–Crippen MR) is 166 cm³/mol. The lowest BCUT2D eigenvalue weighted by Gasteiger charge is -2.10. The Labute approximate surface area is 247 Å². The molecule has 2 rings (SSSR count). The molecular weight excluding hydrogens is 516 g/mol. The summed E-state index contributed by atoms with van der Waals surface area (Å²) >= 11 is 0. The maximum absolute atomic E-state index is 12.5. The lowest BCUT2D eigenvalue weighted by Crippen LogP contribution is -2.16. The van der Waals surface area contributed by atoms with Crippen LogP contribution in [0.4, 0.5) is 0 Å². The molecule has 7 nitrogen and oxygen atoms in total. The lowest BCUT2D eigenvalue weighted by molar-refractivity contribution is -0.121. The van der Waals surface area contributed by atoms with Gasteiger partial charge in [-0.2, -0.15) is 5.10 Å². The quantitative estimate of drug-likeness (QED) is 0.0507. The Kier molecular flexibility index (Phi) is 17.7. The van der Waals surface area contributed by atoms with Crippen LogP contribution in [0.2, 0.25) is 0 Å². The van der Waals surface area contributed by atoms with E-state index in [4.69, 9.17) is 14.2 Å². The summed E-state index contributed by atoms with van der Waals surface area (Å²) in [7, 11) is 3.07. The van der Waals surface area contributed by atoms with Crippen LogP contribution in [0.1, 0.15) is 126 Å². The summed E-state index contributed by atoms with van der Waals surface area (Å²) in [5.74, 6) is 0.749. The van der Waals surface area contributed by atoms with E-state index in [1.54, 1.807) is 55.8 Å². The number of rotatable bonds is 22. The Hall–Kier alpha value is -3.35. The molecular formula is C34H50N2O5. The minimum atomic E-state index is -0.501. The summed E-state index contributed by atoms with van der Waals surface area (Å²) in [6, 6.07) is 11.7. The van der Waals surface area contributed by atoms with Gasteiger partial charge in [0.15, 0.2) is 11.5 Å². The van der Waals surface area contributed by atoms with Crippen LogP contribution in [-0.4, -0.2) is 32.3 Å². The molecule has 0 atom stereocenters. The normalized spacial score (nSPS) is 11.0. The van der Waals surface area contributed by atoms with E-state index in [1.807, 2.05) is 0 Å². The molecule has 0 saturated heterocycles. The van der Waals surface area contributed by atoms with Gasteiger partial charge in [0.1, 0.15) is 5.75 Å². The molecule has 1 N–H and O–H groups in total. The predicted octanol–water partition coefficient (Wildman–Crippen LogP) is 8.63. The molecule has 2 aromatic carbocycles. The Morgan fingerprint density at radius 1 is 0.707 bits per heavy atom. The van der Waals surface area contributed by atoms with Crippen molar-refractivity contribution >= 4 is 18.1 Å². The average molecular weight is 567 g/mol. The molecule has 0 saturated carbocycles. The first-order valence-corrected chi connectivity index (χ1v) is 15.4. The highest BCUT2D eigenvalue weighted by molar-refractivity contribution is 5.91. The smallest absolute Gasteiger partial charge is 0.343 e. The number of carbonyl (C=O) groups is 2. The van der Waals surface area contributed by atoms with Gasteiger partial charge in [-0.25, -0.2) is 10.2 Å². The molecule has 0 aliphatic carbocycles. The van der Waals surface area contributed by atoms with Crippen molar-refractivity contribution < 1.29 is 23.8 Å². The fourth-order valence-corrected chi connectivity index (χ4v) is 4.63. The topological polar surface area (TPSA) is 86.2 Å². The highest BCUT2D eigenvalue weighted by Crippen LogP contribution is 2.28. The number of benzene rings is 2. The number of nitrogens with zero attached hydrogens (tertiary/aromatic N) is 1. The Morgan fingerprint density at radius 2 is 1.27 bits per heavy atom. The van der Waals surface area contributed by atoms with Gasteiger partial charge in [-0.3, -0.25) is 4.79 Å². The molecule has 0 radical (unpaired) electrons. The summed E-state index contributed by atoms with van der Waals surface area (Å²) in [4.78, 5) is 24.6. The van der Waals surface area contributed by atoms with Crippen LogP contribution in [0.15, 0.2) is 47.6 Å². The van der Waals surface area contributed by atoms with E-state index < -0.39 is 5.97 Å². The van der Waals surface area contributed by atoms with Crippen LogP contribution in [0.3, 0.4) is 0 Å². The third-order valence-electron chi connectivity index (χ3n) is 7.13. The molecule has 0 spiro atoms. The van der Waals surface area contributed by atoms with E-state index in [0.717, 1.165) is 12.8 Å². The second-order valence-electron chi connectivity index (χ2n) is 10.5. The average Bonchev–Trinajstić information content (AvgIpc) is 2.99. The second-order valence-corrected chi connectivity index (χ2v) is 10.5. The van der Waals surface area contributed by atoms with Crippen molar-refractivity contribution in [2.45, 2.75) is 110 Å². The third kappa shape index (κ3) is 14.7. The van der Waals surface area contributed by atoms with Crippen molar-refractivity contribution in [1.29, 1.82) is 0 Å². The van der Waals surface area contributed by atoms with Crippen LogP contribution in [0, 0.1) is 0 Å². The van der Waals surface area contributed by atoms with Gasteiger partial charge in [-0.15, -0.1) is 0 Å². The first-order chi connectivity index (χ1) is 20.1. The number of hydrogen-bond donors (Lipinski definition) is 1. The van der Waals surface area contributed by atoms with E-state index in [-0.39, 0.29) is 5.91 Å². The van der Waals surface area contributed by atoms with E-state index in [2.05, 4.69) is 17.5 Å². The SMILES string of the molecule is CCCCCCCCCCCCCCCCCC(=O)N/N=C/c1ccc(OC(=O)c2ccc(OC)cc2)c(OC)c1. The summed E-state index contributed by atoms with van der Waals surface area (Å²) in [6.45, 7) is 2.27. The van der Waals surface area contributed by atoms with E-state index in [9.17, 15) is 9.59 Å². The Balaban J connectivity index is 1.56. The number of ether oxygens (including phenoxy) is 3. The van der Waals surface area contributed by atoms with Crippen molar-refractivity contribution in [3.63, 3.8) is 0 Å². The van der Waals surface area contributed by atoms with E-state index in [0.29, 0.717) is 34.8 Å². The zero-order valence-corrected chi connectivity index (χ0v) is 25.4. The van der Waals surface area contributed by atoms with Crippen LogP contribution < -0.4 is 19.6 Å². The van der Waals surface area contributed by atoms with E-state index in [1.165, 1.54) is 90.6 Å². The maximum Gasteiger partial charge on any atom is 0.343 e. The zero-order chi connectivity index (χ0) is 29.5. The van der Waals surface area contributed by atoms with Crippen molar-refractivity contribution in [3.8, 4) is 17.2 Å². The summed E-state index contributed by atoms with van der Waals surface area (Å²) in [5, 5.41) is 4.06. The van der Waals surface area contributed by atoms with Gasteiger partial charge < -0.3 is 14.2 Å². The van der Waals surface area contributed by atoms with Crippen molar-refractivity contribution in [3.05, 3.63) is 53.6 Å². The van der Waals surface area contributed by atoms with Crippen molar-refractivity contribution in [2.75, 3.05) is 14.2 Å². The minimum absolute atomic E-state index is 0.0899. The van der Waals surface area contributed by atoms with Gasteiger partial charge in [0.25, 0.3) is 0 Å². The summed E-state index contributed by atoms with van der Waals surface area (Å²) in [5.41, 5.74) is 3.70. The molecule has 41 heavy (non-hydrogen) atoms. The van der Waals surface area contributed by atoms with Gasteiger partial charge in [0, 0.05) is 6.42 Å². The second kappa shape index (κ2) is 21.4. The monoisotopic (exact) mass is 566 g/mol. The Bertz CT molecular complexity index is 1040. The molecule has 0 unspecified atom stereocenters. The highest BCUT2D eigenvalue weighted by atomic mass is 16.6. The Morgan fingerprint density at radius 3 is 1.80 bits per heavy atom. The van der Waals surface area contributed by atoms with E-state index >= 15 is 0 Å². The molecule has 7 heteroatoms. The van der Waals surface area contributed by atoms with Crippen LogP contribution >= 0.6 is 0 Å². The van der Waals surface area contributed by atoms with Crippen molar-refractivity contribution in [2.24, 2.45) is 5.10 Å². The number of amides is 1. The van der Waals surface area contributed by atoms with Crippen LogP contribution in [0.5, 0.6) is 17.2 Å². The molecule has 0 aliphatic rings. The molecule has 0 aliphatic heterocycles. The standard InChI is InChI=1S/C34H50N2O5/c1-4-5-6-7-8-9-10-11-12-13-14-15-16-17-18-19-33(37)36-35-27-28-20-25-31(32(26-28)40-3)41-34(38)29-21-23-30(39-2)24-22-29/h20-27H,4-19H2,1-3H3,(H,36,37)/b35-27+. The summed E-state index contributed by atoms with van der Waals surface area (Å²) < 4.78 is 16.0. The largest absolute Gasteiger partial charge is 0.497 e. The minimum Gasteiger partial charge on any atom is -0.497 e. The van der Waals surface area contributed by atoms with Gasteiger partial charge >= 0.3 is 5.97 Å². The maximum atomic E-state index is 12.5. The highest BCUT2D eigenvalue weighted by Gasteiger charge is 2.13. The fraction of sp³-hybridized carbons (Fsp3) is 0.559. The van der Waals surface area contributed by atoms with Gasteiger partial charge in [0.2, 0.25) is 5.91 Å². The number of hydrazone groups is 1. The molecule has 226 valence electrons. The number of unbranched alkanes of at least 4 members (excludes halogenated alkanes) is 14. The number of hydrogen-bond acceptors (Lipinski definition) is 6. The van der Waals surface area contributed by atoms with Gasteiger partial charge in [-0.05, 0) is 54.4 Å². The molecule has 1 amide bonds. The molecule has 0 fully saturated rings. The molecule has 0 aromatic heterocycles. The van der Waals surface area contributed by atoms with Gasteiger partial charge in [0.05, 0.1) is 26.0 Å². The van der Waals surface area contributed by atoms with Gasteiger partial charge in [-0.1, -0.05) is 96.8 Å². The summed E-state index contributed by atoms with van der Waals surface area (Å²) in [6.07, 6.45) is 21.5. The lowest BCUT2D eigenvalue weighted by atomic mass is 10.0. The number of carbonyl (C=O) groups excluding carboxylic acids is 2. The first kappa shape index (κ1) is 33.9. The van der Waals surface area contributed by atoms with Crippen molar-refractivity contribution in [1.82, 2.24) is 5.43 Å². The number of nitrogens with one attached hydrogen (secondary N) is 1. The molecule has 2 aromatic rings. The molecule has 0 heterocycles. The fourth-order valence-electron chi connectivity index (χ4n) is 4.63. The molecule has 0 bridgehead atoms. The number of esters is 1. The zero-order valence-electron chi connectivity index (χ0n) is 25.4. The number of methoxy groups -OCH3 is 2. The third-order valence-corrected chi connectivity index (χ3v) is 7.13. The first-order valence-electron chi connectivity index (χ1n) is 15.4. The van der Waals surface area contributed by atoms with Crippen LogP contribution in [0.25, 0.3) is 0 Å².